The van der Waals surface area contributed by atoms with Crippen LogP contribution in [0.1, 0.15) is 12.7 Å². The van der Waals surface area contributed by atoms with E-state index in [1.54, 1.807) is 24.3 Å². The molecule has 0 fully saturated rings. The van der Waals surface area contributed by atoms with Crippen molar-refractivity contribution in [2.45, 2.75) is 18.2 Å². The van der Waals surface area contributed by atoms with E-state index in [-0.39, 0.29) is 5.43 Å². The third-order valence-electron chi connectivity index (χ3n) is 2.11. The molecule has 72 valence electrons. The molecule has 0 unspecified atom stereocenters. The van der Waals surface area contributed by atoms with Gasteiger partial charge in [-0.25, -0.2) is 0 Å². The zero-order valence-electron chi connectivity index (χ0n) is 7.78. The summed E-state index contributed by atoms with van der Waals surface area (Å²) in [6.45, 7) is 1.95. The van der Waals surface area contributed by atoms with Crippen molar-refractivity contribution < 1.29 is 4.42 Å². The molecule has 0 atom stereocenters. The summed E-state index contributed by atoms with van der Waals surface area (Å²) in [5, 5.41) is 0.611. The molecule has 14 heavy (non-hydrogen) atoms. The van der Waals surface area contributed by atoms with Gasteiger partial charge in [-0.05, 0) is 18.2 Å². The van der Waals surface area contributed by atoms with Crippen LogP contribution in [0, 0.1) is 0 Å². The third-order valence-corrected chi connectivity index (χ3v) is 2.39. The van der Waals surface area contributed by atoms with E-state index in [1.807, 2.05) is 6.92 Å². The maximum atomic E-state index is 11.6. The van der Waals surface area contributed by atoms with E-state index in [0.717, 1.165) is 11.3 Å². The van der Waals surface area contributed by atoms with Crippen LogP contribution >= 0.6 is 12.6 Å². The van der Waals surface area contributed by atoms with Gasteiger partial charge in [0.05, 0.1) is 5.39 Å². The van der Waals surface area contributed by atoms with Gasteiger partial charge >= 0.3 is 0 Å². The monoisotopic (exact) mass is 206 g/mol. The van der Waals surface area contributed by atoms with Crippen LogP contribution < -0.4 is 5.43 Å². The molecule has 0 bridgehead atoms. The molecule has 0 aliphatic carbocycles. The Morgan fingerprint density at radius 1 is 1.36 bits per heavy atom. The molecular weight excluding hydrogens is 196 g/mol. The Hall–Kier alpha value is -1.22. The predicted octanol–water partition coefficient (Wildman–Crippen LogP) is 2.64. The first-order valence-corrected chi connectivity index (χ1v) is 4.91. The molecule has 0 spiro atoms. The third kappa shape index (κ3) is 1.55. The molecule has 0 saturated carbocycles. The van der Waals surface area contributed by atoms with Crippen LogP contribution in [0.2, 0.25) is 0 Å². The van der Waals surface area contributed by atoms with Crippen LogP contribution in [-0.4, -0.2) is 0 Å². The van der Waals surface area contributed by atoms with Crippen molar-refractivity contribution in [1.29, 1.82) is 0 Å². The van der Waals surface area contributed by atoms with E-state index in [4.69, 9.17) is 4.42 Å². The molecule has 0 N–H and O–H groups in total. The first-order chi connectivity index (χ1) is 6.70. The standard InChI is InChI=1S/C11H10O2S/c1-2-7-5-10(12)9-4-3-8(14)6-11(9)13-7/h3-6,14H,2H2,1H3. The minimum absolute atomic E-state index is 0.0106. The molecule has 0 amide bonds. The highest BCUT2D eigenvalue weighted by molar-refractivity contribution is 7.80. The van der Waals surface area contributed by atoms with Crippen LogP contribution in [0.25, 0.3) is 11.0 Å². The van der Waals surface area contributed by atoms with Gasteiger partial charge < -0.3 is 4.42 Å². The van der Waals surface area contributed by atoms with Crippen molar-refractivity contribution in [3.8, 4) is 0 Å². The van der Waals surface area contributed by atoms with Crippen molar-refractivity contribution in [3.63, 3.8) is 0 Å². The van der Waals surface area contributed by atoms with E-state index in [2.05, 4.69) is 12.6 Å². The van der Waals surface area contributed by atoms with Crippen molar-refractivity contribution in [1.82, 2.24) is 0 Å². The number of benzene rings is 1. The van der Waals surface area contributed by atoms with Gasteiger partial charge in [-0.1, -0.05) is 6.92 Å². The number of thiol groups is 1. The van der Waals surface area contributed by atoms with Crippen LogP contribution in [-0.2, 0) is 6.42 Å². The zero-order valence-corrected chi connectivity index (χ0v) is 8.67. The summed E-state index contributed by atoms with van der Waals surface area (Å²) < 4.78 is 5.52. The van der Waals surface area contributed by atoms with E-state index in [9.17, 15) is 4.79 Å². The fraction of sp³-hybridized carbons (Fsp3) is 0.182. The number of fused-ring (bicyclic) bond motifs is 1. The van der Waals surface area contributed by atoms with E-state index in [1.165, 1.54) is 0 Å². The number of aryl methyl sites for hydroxylation is 1. The smallest absolute Gasteiger partial charge is 0.192 e. The largest absolute Gasteiger partial charge is 0.461 e. The van der Waals surface area contributed by atoms with Crippen LogP contribution in [0.3, 0.4) is 0 Å². The lowest BCUT2D eigenvalue weighted by atomic mass is 10.2. The summed E-state index contributed by atoms with van der Waals surface area (Å²) in [7, 11) is 0. The van der Waals surface area contributed by atoms with Crippen LogP contribution in [0.15, 0.2) is 38.4 Å². The fourth-order valence-electron chi connectivity index (χ4n) is 1.37. The first kappa shape index (κ1) is 9.34. The number of hydrogen-bond donors (Lipinski definition) is 1. The Balaban J connectivity index is 2.84. The minimum Gasteiger partial charge on any atom is -0.461 e. The second kappa shape index (κ2) is 3.50. The van der Waals surface area contributed by atoms with Gasteiger partial charge in [0, 0.05) is 17.4 Å². The fourth-order valence-corrected chi connectivity index (χ4v) is 1.56. The van der Waals surface area contributed by atoms with Gasteiger partial charge in [-0.15, -0.1) is 12.6 Å². The molecule has 2 nitrogen and oxygen atoms in total. The summed E-state index contributed by atoms with van der Waals surface area (Å²) in [4.78, 5) is 12.4. The summed E-state index contributed by atoms with van der Waals surface area (Å²) in [5.41, 5.74) is 0.623. The lowest BCUT2D eigenvalue weighted by Gasteiger charge is -2.00. The summed E-state index contributed by atoms with van der Waals surface area (Å²) in [6.07, 6.45) is 0.724. The Morgan fingerprint density at radius 2 is 2.14 bits per heavy atom. The second-order valence-corrected chi connectivity index (χ2v) is 3.63. The van der Waals surface area contributed by atoms with Crippen molar-refractivity contribution >= 4 is 23.6 Å². The average molecular weight is 206 g/mol. The molecule has 1 aromatic carbocycles. The van der Waals surface area contributed by atoms with Crippen molar-refractivity contribution in [2.75, 3.05) is 0 Å². The Morgan fingerprint density at radius 3 is 2.86 bits per heavy atom. The zero-order chi connectivity index (χ0) is 10.1. The maximum absolute atomic E-state index is 11.6. The van der Waals surface area contributed by atoms with Crippen LogP contribution in [0.4, 0.5) is 0 Å². The quantitative estimate of drug-likeness (QED) is 0.727. The Kier molecular flexibility index (Phi) is 2.33. The molecule has 3 heteroatoms. The lowest BCUT2D eigenvalue weighted by Crippen LogP contribution is -2.01. The van der Waals surface area contributed by atoms with Crippen molar-refractivity contribution in [3.05, 3.63) is 40.2 Å². The molecule has 2 rings (SSSR count). The first-order valence-electron chi connectivity index (χ1n) is 4.46. The lowest BCUT2D eigenvalue weighted by molar-refractivity contribution is 0.543. The molecule has 0 aliphatic rings. The van der Waals surface area contributed by atoms with E-state index in [0.29, 0.717) is 16.7 Å². The van der Waals surface area contributed by atoms with E-state index >= 15 is 0 Å². The van der Waals surface area contributed by atoms with Gasteiger partial charge in [0.2, 0.25) is 0 Å². The average Bonchev–Trinajstić information content (AvgIpc) is 2.16. The van der Waals surface area contributed by atoms with Gasteiger partial charge in [0.25, 0.3) is 0 Å². The van der Waals surface area contributed by atoms with E-state index < -0.39 is 0 Å². The Labute approximate surface area is 87.0 Å². The summed E-state index contributed by atoms with van der Waals surface area (Å²) in [6, 6.07) is 6.83. The SMILES string of the molecule is CCc1cc(=O)c2ccc(S)cc2o1. The summed E-state index contributed by atoms with van der Waals surface area (Å²) in [5.74, 6) is 0.710. The molecular formula is C11H10O2S. The normalized spacial score (nSPS) is 10.7. The molecule has 0 saturated heterocycles. The Bertz CT molecular complexity index is 528. The highest BCUT2D eigenvalue weighted by Gasteiger charge is 2.03. The van der Waals surface area contributed by atoms with Crippen LogP contribution in [0.5, 0.6) is 0 Å². The number of hydrogen-bond acceptors (Lipinski definition) is 3. The highest BCUT2D eigenvalue weighted by atomic mass is 32.1. The molecule has 1 heterocycles. The molecule has 1 aromatic heterocycles. The summed E-state index contributed by atoms with van der Waals surface area (Å²) >= 11 is 4.20. The molecule has 2 aromatic rings. The number of rotatable bonds is 1. The van der Waals surface area contributed by atoms with Gasteiger partial charge in [0.1, 0.15) is 11.3 Å². The molecule has 0 aliphatic heterocycles. The predicted molar refractivity (Wildman–Crippen MR) is 59.1 cm³/mol. The van der Waals surface area contributed by atoms with Gasteiger partial charge in [0.15, 0.2) is 5.43 Å². The van der Waals surface area contributed by atoms with Crippen molar-refractivity contribution in [2.24, 2.45) is 0 Å². The second-order valence-electron chi connectivity index (χ2n) is 3.11. The molecule has 0 radical (unpaired) electrons. The highest BCUT2D eigenvalue weighted by Crippen LogP contribution is 2.16. The maximum Gasteiger partial charge on any atom is 0.192 e. The van der Waals surface area contributed by atoms with Gasteiger partial charge in [-0.2, -0.15) is 0 Å². The topological polar surface area (TPSA) is 30.2 Å². The minimum atomic E-state index is 0.0106. The van der Waals surface area contributed by atoms with Gasteiger partial charge in [-0.3, -0.25) is 4.79 Å².